The molecular formula is C16H19N3O7S2. The summed E-state index contributed by atoms with van der Waals surface area (Å²) < 4.78 is 52.7. The highest BCUT2D eigenvalue weighted by molar-refractivity contribution is 7.92. The van der Waals surface area contributed by atoms with Gasteiger partial charge in [0, 0.05) is 24.9 Å². The van der Waals surface area contributed by atoms with E-state index in [9.17, 15) is 26.9 Å². The molecule has 0 unspecified atom stereocenters. The van der Waals surface area contributed by atoms with Gasteiger partial charge in [0.25, 0.3) is 25.7 Å². The lowest BCUT2D eigenvalue weighted by Gasteiger charge is -2.15. The highest BCUT2D eigenvalue weighted by atomic mass is 32.2. The van der Waals surface area contributed by atoms with Gasteiger partial charge < -0.3 is 0 Å². The Labute approximate surface area is 163 Å². The predicted octanol–water partition coefficient (Wildman–Crippen LogP) is 2.19. The Morgan fingerprint density at radius 1 is 1.07 bits per heavy atom. The zero-order chi connectivity index (χ0) is 21.3. The number of anilines is 1. The van der Waals surface area contributed by atoms with Crippen molar-refractivity contribution in [3.8, 4) is 0 Å². The van der Waals surface area contributed by atoms with Gasteiger partial charge in [0.1, 0.15) is 0 Å². The summed E-state index contributed by atoms with van der Waals surface area (Å²) in [4.78, 5) is 14.7. The topological polar surface area (TPSA) is 136 Å². The van der Waals surface area contributed by atoms with Gasteiger partial charge >= 0.3 is 0 Å². The van der Waals surface area contributed by atoms with Gasteiger partial charge in [-0.15, -0.1) is 0 Å². The quantitative estimate of drug-likeness (QED) is 0.526. The molecule has 2 aromatic rings. The van der Waals surface area contributed by atoms with Crippen LogP contribution in [0.1, 0.15) is 11.1 Å². The summed E-state index contributed by atoms with van der Waals surface area (Å²) in [6.45, 7) is 3.12. The number of aryl methyl sites for hydroxylation is 1. The van der Waals surface area contributed by atoms with E-state index in [1.165, 1.54) is 44.5 Å². The Kier molecular flexibility index (Phi) is 6.09. The van der Waals surface area contributed by atoms with Crippen LogP contribution in [0.3, 0.4) is 0 Å². The van der Waals surface area contributed by atoms with Crippen LogP contribution in [-0.4, -0.2) is 40.4 Å². The third-order valence-corrected chi connectivity index (χ3v) is 7.31. The maximum atomic E-state index is 12.7. The van der Waals surface area contributed by atoms with Crippen molar-refractivity contribution in [2.45, 2.75) is 23.6 Å². The summed E-state index contributed by atoms with van der Waals surface area (Å²) in [6.07, 6.45) is 0. The van der Waals surface area contributed by atoms with E-state index in [-0.39, 0.29) is 21.2 Å². The first kappa shape index (κ1) is 21.8. The summed E-state index contributed by atoms with van der Waals surface area (Å²) in [5.74, 6) is 0. The first-order valence-corrected chi connectivity index (χ1v) is 10.7. The lowest BCUT2D eigenvalue weighted by molar-refractivity contribution is -0.385. The number of benzene rings is 2. The molecule has 0 spiro atoms. The fourth-order valence-corrected chi connectivity index (χ4v) is 4.71. The van der Waals surface area contributed by atoms with E-state index < -0.39 is 25.0 Å². The number of nitro benzene ring substituents is 1. The summed E-state index contributed by atoms with van der Waals surface area (Å²) in [7, 11) is -5.58. The van der Waals surface area contributed by atoms with Crippen LogP contribution in [0.25, 0.3) is 0 Å². The molecule has 12 heteroatoms. The highest BCUT2D eigenvalue weighted by Crippen LogP contribution is 2.27. The average Bonchev–Trinajstić information content (AvgIpc) is 2.62. The SMILES string of the molecule is CON(C)S(=O)(=O)c1ccc(NS(=O)(=O)c2cc([N+](=O)[O-])cc(C)c2C)cc1. The minimum Gasteiger partial charge on any atom is -0.288 e. The number of hydrogen-bond acceptors (Lipinski definition) is 7. The number of hydroxylamine groups is 1. The highest BCUT2D eigenvalue weighted by Gasteiger charge is 2.24. The molecule has 28 heavy (non-hydrogen) atoms. The van der Waals surface area contributed by atoms with Crippen molar-refractivity contribution in [3.05, 3.63) is 57.6 Å². The van der Waals surface area contributed by atoms with E-state index in [0.717, 1.165) is 6.07 Å². The zero-order valence-corrected chi connectivity index (χ0v) is 17.2. The normalized spacial score (nSPS) is 12.2. The van der Waals surface area contributed by atoms with Crippen molar-refractivity contribution < 1.29 is 26.6 Å². The van der Waals surface area contributed by atoms with Gasteiger partial charge in [-0.25, -0.2) is 16.8 Å². The lowest BCUT2D eigenvalue weighted by atomic mass is 10.1. The summed E-state index contributed by atoms with van der Waals surface area (Å²) in [5.41, 5.74) is 0.590. The lowest BCUT2D eigenvalue weighted by Crippen LogP contribution is -2.25. The zero-order valence-electron chi connectivity index (χ0n) is 15.5. The molecule has 0 amide bonds. The summed E-state index contributed by atoms with van der Waals surface area (Å²) >= 11 is 0. The molecule has 0 aliphatic rings. The Morgan fingerprint density at radius 3 is 2.14 bits per heavy atom. The Hall–Kier alpha value is -2.54. The second-order valence-electron chi connectivity index (χ2n) is 5.87. The van der Waals surface area contributed by atoms with Crippen LogP contribution < -0.4 is 4.72 Å². The Bertz CT molecular complexity index is 1110. The molecular weight excluding hydrogens is 410 g/mol. The Balaban J connectivity index is 2.40. The molecule has 2 aromatic carbocycles. The number of nitro groups is 1. The summed E-state index contributed by atoms with van der Waals surface area (Å²) in [6, 6.07) is 7.25. The van der Waals surface area contributed by atoms with Gasteiger partial charge in [-0.1, -0.05) is 4.47 Å². The van der Waals surface area contributed by atoms with Crippen LogP contribution in [0.5, 0.6) is 0 Å². The van der Waals surface area contributed by atoms with E-state index in [2.05, 4.69) is 9.56 Å². The van der Waals surface area contributed by atoms with Gasteiger partial charge in [0.15, 0.2) is 0 Å². The number of rotatable bonds is 7. The largest absolute Gasteiger partial charge is 0.288 e. The second-order valence-corrected chi connectivity index (χ2v) is 9.46. The van der Waals surface area contributed by atoms with Gasteiger partial charge in [0.05, 0.1) is 21.8 Å². The molecule has 10 nitrogen and oxygen atoms in total. The van der Waals surface area contributed by atoms with Crippen LogP contribution in [0.2, 0.25) is 0 Å². The van der Waals surface area contributed by atoms with Crippen LogP contribution in [-0.2, 0) is 24.9 Å². The predicted molar refractivity (Wildman–Crippen MR) is 102 cm³/mol. The smallest absolute Gasteiger partial charge is 0.271 e. The molecule has 2 rings (SSSR count). The number of non-ortho nitro benzene ring substituents is 1. The van der Waals surface area contributed by atoms with Crippen molar-refractivity contribution in [1.82, 2.24) is 4.47 Å². The van der Waals surface area contributed by atoms with Crippen molar-refractivity contribution in [1.29, 1.82) is 0 Å². The van der Waals surface area contributed by atoms with Gasteiger partial charge in [0.2, 0.25) is 0 Å². The number of nitrogens with one attached hydrogen (secondary N) is 1. The Morgan fingerprint density at radius 2 is 1.64 bits per heavy atom. The van der Waals surface area contributed by atoms with Gasteiger partial charge in [-0.05, 0) is 49.2 Å². The van der Waals surface area contributed by atoms with Crippen LogP contribution in [0.4, 0.5) is 11.4 Å². The summed E-state index contributed by atoms with van der Waals surface area (Å²) in [5, 5.41) is 11.0. The molecule has 152 valence electrons. The number of nitrogens with zero attached hydrogens (tertiary/aromatic N) is 2. The van der Waals surface area contributed by atoms with E-state index >= 15 is 0 Å². The van der Waals surface area contributed by atoms with Gasteiger partial charge in [-0.3, -0.25) is 19.7 Å². The first-order valence-electron chi connectivity index (χ1n) is 7.81. The first-order chi connectivity index (χ1) is 12.9. The molecule has 0 aliphatic heterocycles. The fraction of sp³-hybridized carbons (Fsp3) is 0.250. The molecule has 0 radical (unpaired) electrons. The molecule has 0 heterocycles. The van der Waals surface area contributed by atoms with Crippen molar-refractivity contribution >= 4 is 31.4 Å². The van der Waals surface area contributed by atoms with Crippen LogP contribution in [0, 0.1) is 24.0 Å². The second kappa shape index (κ2) is 7.83. The maximum Gasteiger partial charge on any atom is 0.271 e. The van der Waals surface area contributed by atoms with E-state index in [1.54, 1.807) is 13.8 Å². The standard InChI is InChI=1S/C16H19N3O7S2/c1-11-9-14(19(20)21)10-16(12(11)2)27(22,23)17-13-5-7-15(8-6-13)28(24,25)18(3)26-4/h5-10,17H,1-4H3. The molecule has 0 fully saturated rings. The van der Waals surface area contributed by atoms with Crippen molar-refractivity contribution in [2.24, 2.45) is 0 Å². The monoisotopic (exact) mass is 429 g/mol. The third-order valence-electron chi connectivity index (χ3n) is 4.10. The van der Waals surface area contributed by atoms with Crippen molar-refractivity contribution in [2.75, 3.05) is 18.9 Å². The molecule has 0 saturated carbocycles. The average molecular weight is 429 g/mol. The molecule has 1 N–H and O–H groups in total. The minimum absolute atomic E-state index is 0.0952. The number of hydrogen-bond donors (Lipinski definition) is 1. The molecule has 0 atom stereocenters. The molecule has 0 aliphatic carbocycles. The molecule has 0 saturated heterocycles. The van der Waals surface area contributed by atoms with Crippen molar-refractivity contribution in [3.63, 3.8) is 0 Å². The molecule has 0 aromatic heterocycles. The van der Waals surface area contributed by atoms with E-state index in [4.69, 9.17) is 0 Å². The van der Waals surface area contributed by atoms with E-state index in [0.29, 0.717) is 15.6 Å². The molecule has 0 bridgehead atoms. The van der Waals surface area contributed by atoms with Crippen LogP contribution in [0.15, 0.2) is 46.2 Å². The maximum absolute atomic E-state index is 12.7. The minimum atomic E-state index is -4.13. The van der Waals surface area contributed by atoms with Crippen LogP contribution >= 0.6 is 0 Å². The third kappa shape index (κ3) is 4.30. The van der Waals surface area contributed by atoms with E-state index in [1.807, 2.05) is 0 Å². The fourth-order valence-electron chi connectivity index (χ4n) is 2.34. The van der Waals surface area contributed by atoms with Gasteiger partial charge in [-0.2, -0.15) is 0 Å². The number of sulfonamides is 2.